The molecular weight excluding hydrogens is 328 g/mol. The largest absolute Gasteiger partial charge is 0.497 e. The summed E-state index contributed by atoms with van der Waals surface area (Å²) in [7, 11) is 1.53. The molecule has 0 saturated carbocycles. The van der Waals surface area contributed by atoms with Crippen LogP contribution in [-0.2, 0) is 4.79 Å². The molecule has 0 radical (unpaired) electrons. The van der Waals surface area contributed by atoms with Crippen LogP contribution in [0.4, 0.5) is 11.4 Å². The van der Waals surface area contributed by atoms with Gasteiger partial charge in [0.15, 0.2) is 5.78 Å². The monoisotopic (exact) mass is 346 g/mol. The van der Waals surface area contributed by atoms with E-state index in [9.17, 15) is 20.0 Å². The van der Waals surface area contributed by atoms with E-state index in [1.54, 1.807) is 24.3 Å². The second kappa shape index (κ2) is 8.22. The number of ether oxygens (including phenoxy) is 1. The lowest BCUT2D eigenvalue weighted by atomic mass is 9.98. The van der Waals surface area contributed by atoms with Crippen LogP contribution >= 0.6 is 0 Å². The first-order valence-corrected chi connectivity index (χ1v) is 7.43. The van der Waals surface area contributed by atoms with Crippen molar-refractivity contribution in [2.75, 3.05) is 19.0 Å². The van der Waals surface area contributed by atoms with E-state index < -0.39 is 29.5 Å². The molecule has 8 nitrogen and oxygen atoms in total. The van der Waals surface area contributed by atoms with Crippen LogP contribution in [0.5, 0.6) is 5.75 Å². The summed E-state index contributed by atoms with van der Waals surface area (Å²) >= 11 is 0. The van der Waals surface area contributed by atoms with Crippen molar-refractivity contribution in [3.8, 4) is 5.75 Å². The molecular formula is C17H18N2O6. The molecule has 0 amide bonds. The van der Waals surface area contributed by atoms with E-state index in [0.29, 0.717) is 17.0 Å². The number of ketones is 1. The quantitative estimate of drug-likeness (QED) is 0.491. The highest BCUT2D eigenvalue weighted by molar-refractivity contribution is 5.85. The molecule has 0 aliphatic rings. The van der Waals surface area contributed by atoms with Gasteiger partial charge in [0.2, 0.25) is 0 Å². The summed E-state index contributed by atoms with van der Waals surface area (Å²) in [4.78, 5) is 22.0. The predicted octanol–water partition coefficient (Wildman–Crippen LogP) is 1.68. The van der Waals surface area contributed by atoms with Crippen molar-refractivity contribution < 1.29 is 24.7 Å². The van der Waals surface area contributed by atoms with Gasteiger partial charge in [-0.1, -0.05) is 12.1 Å². The van der Waals surface area contributed by atoms with Gasteiger partial charge in [0, 0.05) is 17.8 Å². The summed E-state index contributed by atoms with van der Waals surface area (Å²) in [6, 6.07) is 11.4. The van der Waals surface area contributed by atoms with Crippen molar-refractivity contribution >= 4 is 17.2 Å². The van der Waals surface area contributed by atoms with Crippen molar-refractivity contribution in [2.45, 2.75) is 12.1 Å². The number of non-ortho nitro benzene ring substituents is 1. The van der Waals surface area contributed by atoms with E-state index in [-0.39, 0.29) is 5.69 Å². The Morgan fingerprint density at radius 1 is 1.20 bits per heavy atom. The Balaban J connectivity index is 2.31. The van der Waals surface area contributed by atoms with Gasteiger partial charge in [0.25, 0.3) is 5.69 Å². The molecule has 0 aliphatic heterocycles. The number of anilines is 1. The minimum absolute atomic E-state index is 0.102. The van der Waals surface area contributed by atoms with Crippen LogP contribution in [0.25, 0.3) is 0 Å². The fourth-order valence-electron chi connectivity index (χ4n) is 2.29. The number of aliphatic hydroxyl groups excluding tert-OH is 2. The minimum atomic E-state index is -1.52. The van der Waals surface area contributed by atoms with Crippen LogP contribution in [0, 0.1) is 10.1 Å². The van der Waals surface area contributed by atoms with Gasteiger partial charge in [0.05, 0.1) is 18.1 Å². The van der Waals surface area contributed by atoms with E-state index >= 15 is 0 Å². The third-order valence-electron chi connectivity index (χ3n) is 3.68. The van der Waals surface area contributed by atoms with Gasteiger partial charge in [-0.3, -0.25) is 14.9 Å². The fraction of sp³-hybridized carbons (Fsp3) is 0.235. The summed E-state index contributed by atoms with van der Waals surface area (Å²) in [6.45, 7) is -0.811. The third-order valence-corrected chi connectivity index (χ3v) is 3.68. The number of methoxy groups -OCH3 is 1. The normalized spacial score (nSPS) is 12.9. The zero-order chi connectivity index (χ0) is 18.4. The van der Waals surface area contributed by atoms with Crippen LogP contribution in [0.1, 0.15) is 11.6 Å². The van der Waals surface area contributed by atoms with Gasteiger partial charge in [-0.05, 0) is 29.8 Å². The maximum absolute atomic E-state index is 11.7. The minimum Gasteiger partial charge on any atom is -0.497 e. The molecule has 0 spiro atoms. The SMILES string of the molecule is COc1ccc(N[C@H](c2ccc([N+](=O)[O-])cc2)[C@@H](O)C(=O)CO)cc1. The van der Waals surface area contributed by atoms with Crippen LogP contribution in [-0.4, -0.2) is 40.7 Å². The molecule has 0 aromatic heterocycles. The Labute approximate surface area is 143 Å². The van der Waals surface area contributed by atoms with Crippen molar-refractivity contribution in [3.05, 3.63) is 64.2 Å². The van der Waals surface area contributed by atoms with Gasteiger partial charge in [-0.25, -0.2) is 0 Å². The zero-order valence-electron chi connectivity index (χ0n) is 13.5. The number of aliphatic hydroxyl groups is 2. The number of hydrogen-bond acceptors (Lipinski definition) is 7. The molecule has 3 N–H and O–H groups in total. The molecule has 2 atom stereocenters. The highest BCUT2D eigenvalue weighted by atomic mass is 16.6. The number of nitro groups is 1. The molecule has 0 aliphatic carbocycles. The second-order valence-electron chi connectivity index (χ2n) is 5.27. The number of carbonyl (C=O) groups excluding carboxylic acids is 1. The lowest BCUT2D eigenvalue weighted by Crippen LogP contribution is -2.34. The number of Topliss-reactive ketones (excluding diaryl/α,β-unsaturated/α-hetero) is 1. The van der Waals surface area contributed by atoms with Crippen LogP contribution in [0.3, 0.4) is 0 Å². The Morgan fingerprint density at radius 2 is 1.80 bits per heavy atom. The number of hydrogen-bond donors (Lipinski definition) is 3. The Hall–Kier alpha value is -2.97. The van der Waals surface area contributed by atoms with Gasteiger partial charge < -0.3 is 20.3 Å². The van der Waals surface area contributed by atoms with Crippen molar-refractivity contribution in [2.24, 2.45) is 0 Å². The molecule has 8 heteroatoms. The fourth-order valence-corrected chi connectivity index (χ4v) is 2.29. The van der Waals surface area contributed by atoms with Crippen LogP contribution in [0.15, 0.2) is 48.5 Å². The Kier molecular flexibility index (Phi) is 6.04. The number of benzene rings is 2. The standard InChI is InChI=1S/C17H18N2O6/c1-25-14-8-4-12(5-9-14)18-16(17(22)15(21)10-20)11-2-6-13(7-3-11)19(23)24/h2-9,16-18,20,22H,10H2,1H3/t16-,17+/m1/s1. The van der Waals surface area contributed by atoms with Crippen LogP contribution < -0.4 is 10.1 Å². The molecule has 132 valence electrons. The van der Waals surface area contributed by atoms with E-state index in [1.807, 2.05) is 0 Å². The van der Waals surface area contributed by atoms with E-state index in [4.69, 9.17) is 9.84 Å². The topological polar surface area (TPSA) is 122 Å². The Morgan fingerprint density at radius 3 is 2.28 bits per heavy atom. The summed E-state index contributed by atoms with van der Waals surface area (Å²) in [6.07, 6.45) is -1.52. The number of nitrogens with zero attached hydrogens (tertiary/aromatic N) is 1. The van der Waals surface area contributed by atoms with Crippen LogP contribution in [0.2, 0.25) is 0 Å². The summed E-state index contributed by atoms with van der Waals surface area (Å²) in [5.74, 6) is -0.117. The smallest absolute Gasteiger partial charge is 0.269 e. The molecule has 2 rings (SSSR count). The maximum Gasteiger partial charge on any atom is 0.269 e. The molecule has 0 saturated heterocycles. The highest BCUT2D eigenvalue weighted by Crippen LogP contribution is 2.26. The molecule has 0 fully saturated rings. The average Bonchev–Trinajstić information content (AvgIpc) is 2.65. The summed E-state index contributed by atoms with van der Waals surface area (Å²) < 4.78 is 5.07. The van der Waals surface area contributed by atoms with Gasteiger partial charge in [-0.2, -0.15) is 0 Å². The molecule has 25 heavy (non-hydrogen) atoms. The van der Waals surface area contributed by atoms with Gasteiger partial charge in [0.1, 0.15) is 18.5 Å². The van der Waals surface area contributed by atoms with Crippen molar-refractivity contribution in [3.63, 3.8) is 0 Å². The predicted molar refractivity (Wildman–Crippen MR) is 90.6 cm³/mol. The first-order chi connectivity index (χ1) is 12.0. The first kappa shape index (κ1) is 18.4. The molecule has 0 heterocycles. The first-order valence-electron chi connectivity index (χ1n) is 7.43. The number of nitro benzene ring substituents is 1. The molecule has 2 aromatic rings. The Bertz CT molecular complexity index is 730. The van der Waals surface area contributed by atoms with E-state index in [2.05, 4.69) is 5.32 Å². The lowest BCUT2D eigenvalue weighted by molar-refractivity contribution is -0.384. The second-order valence-corrected chi connectivity index (χ2v) is 5.27. The van der Waals surface area contributed by atoms with Crippen molar-refractivity contribution in [1.29, 1.82) is 0 Å². The number of nitrogens with one attached hydrogen (secondary N) is 1. The zero-order valence-corrected chi connectivity index (χ0v) is 13.5. The van der Waals surface area contributed by atoms with Gasteiger partial charge >= 0.3 is 0 Å². The lowest BCUT2D eigenvalue weighted by Gasteiger charge is -2.24. The summed E-state index contributed by atoms with van der Waals surface area (Å²) in [5, 5.41) is 33.0. The highest BCUT2D eigenvalue weighted by Gasteiger charge is 2.27. The van der Waals surface area contributed by atoms with E-state index in [1.165, 1.54) is 31.4 Å². The maximum atomic E-state index is 11.7. The molecule has 2 aromatic carbocycles. The molecule has 0 bridgehead atoms. The number of carbonyl (C=O) groups is 1. The summed E-state index contributed by atoms with van der Waals surface area (Å²) in [5.41, 5.74) is 0.972. The molecule has 0 unspecified atom stereocenters. The van der Waals surface area contributed by atoms with Crippen molar-refractivity contribution in [1.82, 2.24) is 0 Å². The number of rotatable bonds is 8. The van der Waals surface area contributed by atoms with E-state index in [0.717, 1.165) is 0 Å². The van der Waals surface area contributed by atoms with Gasteiger partial charge in [-0.15, -0.1) is 0 Å². The third kappa shape index (κ3) is 4.52. The average molecular weight is 346 g/mol.